The summed E-state index contributed by atoms with van der Waals surface area (Å²) in [5.74, 6) is -0.244. The van der Waals surface area contributed by atoms with E-state index in [1.807, 2.05) is 7.05 Å². The number of rotatable bonds is 6. The first-order chi connectivity index (χ1) is 8.06. The van der Waals surface area contributed by atoms with Gasteiger partial charge in [-0.05, 0) is 37.7 Å². The maximum absolute atomic E-state index is 12.9. The van der Waals surface area contributed by atoms with Gasteiger partial charge in [0.2, 0.25) is 0 Å². The third kappa shape index (κ3) is 4.06. The predicted molar refractivity (Wildman–Crippen MR) is 73.5 cm³/mol. The number of thiocarbonyl (C=S) groups is 1. The van der Waals surface area contributed by atoms with Gasteiger partial charge in [-0.15, -0.1) is 0 Å². The zero-order valence-corrected chi connectivity index (χ0v) is 11.1. The van der Waals surface area contributed by atoms with Gasteiger partial charge in [-0.25, -0.2) is 4.39 Å². The smallest absolute Gasteiger partial charge is 0.123 e. The Hall–Kier alpha value is -1.00. The molecule has 0 radical (unpaired) electrons. The van der Waals surface area contributed by atoms with Gasteiger partial charge in [-0.1, -0.05) is 37.7 Å². The van der Waals surface area contributed by atoms with Crippen LogP contribution in [0.4, 0.5) is 4.39 Å². The predicted octanol–water partition coefficient (Wildman–Crippen LogP) is 2.88. The molecule has 1 aromatic rings. The molecule has 1 rings (SSSR count). The SMILES string of the molecule is CCCCN(C)C(C(N)=S)c1ccc(F)cc1. The van der Waals surface area contributed by atoms with Gasteiger partial charge in [0.25, 0.3) is 0 Å². The Morgan fingerprint density at radius 2 is 2.00 bits per heavy atom. The molecule has 17 heavy (non-hydrogen) atoms. The number of benzene rings is 1. The summed E-state index contributed by atoms with van der Waals surface area (Å²) in [4.78, 5) is 2.54. The Morgan fingerprint density at radius 3 is 2.47 bits per heavy atom. The van der Waals surface area contributed by atoms with E-state index in [1.165, 1.54) is 12.1 Å². The van der Waals surface area contributed by atoms with Gasteiger partial charge in [-0.3, -0.25) is 4.90 Å². The third-order valence-corrected chi connectivity index (χ3v) is 2.98. The average molecular weight is 254 g/mol. The lowest BCUT2D eigenvalue weighted by molar-refractivity contribution is 0.296. The maximum atomic E-state index is 12.9. The van der Waals surface area contributed by atoms with Gasteiger partial charge in [0.1, 0.15) is 5.82 Å². The Morgan fingerprint density at radius 1 is 1.41 bits per heavy atom. The molecule has 2 nitrogen and oxygen atoms in total. The van der Waals surface area contributed by atoms with Crippen molar-refractivity contribution in [1.82, 2.24) is 4.90 Å². The van der Waals surface area contributed by atoms with Crippen LogP contribution in [0.25, 0.3) is 0 Å². The number of likely N-dealkylation sites (N-methyl/N-ethyl adjacent to an activating group) is 1. The molecule has 0 heterocycles. The first-order valence-corrected chi connectivity index (χ1v) is 6.22. The van der Waals surface area contributed by atoms with Crippen molar-refractivity contribution in [1.29, 1.82) is 0 Å². The molecular weight excluding hydrogens is 235 g/mol. The number of hydrogen-bond acceptors (Lipinski definition) is 2. The minimum absolute atomic E-state index is 0.114. The summed E-state index contributed by atoms with van der Waals surface area (Å²) < 4.78 is 12.9. The van der Waals surface area contributed by atoms with E-state index in [0.717, 1.165) is 24.9 Å². The molecule has 0 aliphatic rings. The van der Waals surface area contributed by atoms with Gasteiger partial charge in [-0.2, -0.15) is 0 Å². The highest BCUT2D eigenvalue weighted by atomic mass is 32.1. The van der Waals surface area contributed by atoms with Crippen LogP contribution in [-0.2, 0) is 0 Å². The molecular formula is C13H19FN2S. The van der Waals surface area contributed by atoms with Gasteiger partial charge in [0, 0.05) is 0 Å². The molecule has 0 aromatic heterocycles. The van der Waals surface area contributed by atoms with E-state index in [2.05, 4.69) is 11.8 Å². The fourth-order valence-corrected chi connectivity index (χ4v) is 2.13. The van der Waals surface area contributed by atoms with Crippen molar-refractivity contribution in [2.75, 3.05) is 13.6 Å². The second kappa shape index (κ2) is 6.67. The zero-order chi connectivity index (χ0) is 12.8. The molecule has 1 atom stereocenters. The average Bonchev–Trinajstić information content (AvgIpc) is 2.29. The van der Waals surface area contributed by atoms with E-state index in [1.54, 1.807) is 12.1 Å². The van der Waals surface area contributed by atoms with Crippen LogP contribution in [0, 0.1) is 5.82 Å². The summed E-state index contributed by atoms with van der Waals surface area (Å²) >= 11 is 5.10. The van der Waals surface area contributed by atoms with E-state index >= 15 is 0 Å². The van der Waals surface area contributed by atoms with Crippen molar-refractivity contribution in [2.24, 2.45) is 5.73 Å². The van der Waals surface area contributed by atoms with Crippen LogP contribution >= 0.6 is 12.2 Å². The van der Waals surface area contributed by atoms with Crippen molar-refractivity contribution in [3.63, 3.8) is 0 Å². The minimum Gasteiger partial charge on any atom is -0.392 e. The minimum atomic E-state index is -0.244. The number of nitrogens with two attached hydrogens (primary N) is 1. The lowest BCUT2D eigenvalue weighted by Crippen LogP contribution is -2.34. The molecule has 1 aromatic carbocycles. The van der Waals surface area contributed by atoms with Gasteiger partial charge < -0.3 is 5.73 Å². The highest BCUT2D eigenvalue weighted by molar-refractivity contribution is 7.80. The first-order valence-electron chi connectivity index (χ1n) is 5.81. The molecule has 0 bridgehead atoms. The van der Waals surface area contributed by atoms with Crippen LogP contribution in [0.2, 0.25) is 0 Å². The maximum Gasteiger partial charge on any atom is 0.123 e. The monoisotopic (exact) mass is 254 g/mol. The van der Waals surface area contributed by atoms with Gasteiger partial charge in [0.05, 0.1) is 11.0 Å². The van der Waals surface area contributed by atoms with Crippen molar-refractivity contribution in [3.05, 3.63) is 35.6 Å². The molecule has 0 fully saturated rings. The zero-order valence-electron chi connectivity index (χ0n) is 10.3. The molecule has 0 aliphatic carbocycles. The van der Waals surface area contributed by atoms with Crippen LogP contribution in [0.15, 0.2) is 24.3 Å². The van der Waals surface area contributed by atoms with Crippen LogP contribution in [0.5, 0.6) is 0 Å². The van der Waals surface area contributed by atoms with Crippen LogP contribution < -0.4 is 5.73 Å². The van der Waals surface area contributed by atoms with Crippen LogP contribution in [0.1, 0.15) is 31.4 Å². The second-order valence-electron chi connectivity index (χ2n) is 4.19. The van der Waals surface area contributed by atoms with Crippen LogP contribution in [-0.4, -0.2) is 23.5 Å². The van der Waals surface area contributed by atoms with Gasteiger partial charge >= 0.3 is 0 Å². The normalized spacial score (nSPS) is 12.7. The summed E-state index contributed by atoms with van der Waals surface area (Å²) in [5.41, 5.74) is 6.72. The molecule has 94 valence electrons. The van der Waals surface area contributed by atoms with Crippen molar-refractivity contribution < 1.29 is 4.39 Å². The summed E-state index contributed by atoms with van der Waals surface area (Å²) in [7, 11) is 1.99. The fraction of sp³-hybridized carbons (Fsp3) is 0.462. The molecule has 0 saturated carbocycles. The Bertz CT molecular complexity index is 364. The van der Waals surface area contributed by atoms with E-state index in [4.69, 9.17) is 18.0 Å². The standard InChI is InChI=1S/C13H19FN2S/c1-3-4-9-16(2)12(13(15)17)10-5-7-11(14)8-6-10/h5-8,12H,3-4,9H2,1-2H3,(H2,15,17). The Kier molecular flexibility index (Phi) is 5.51. The van der Waals surface area contributed by atoms with Crippen LogP contribution in [0.3, 0.4) is 0 Å². The Balaban J connectivity index is 2.85. The number of nitrogens with zero attached hydrogens (tertiary/aromatic N) is 1. The van der Waals surface area contributed by atoms with Crippen molar-refractivity contribution in [3.8, 4) is 0 Å². The molecule has 2 N–H and O–H groups in total. The molecule has 4 heteroatoms. The lowest BCUT2D eigenvalue weighted by Gasteiger charge is -2.27. The van der Waals surface area contributed by atoms with E-state index in [9.17, 15) is 4.39 Å². The lowest BCUT2D eigenvalue weighted by atomic mass is 10.1. The first kappa shape index (κ1) is 14.1. The fourth-order valence-electron chi connectivity index (χ4n) is 1.82. The highest BCUT2D eigenvalue weighted by Gasteiger charge is 2.19. The van der Waals surface area contributed by atoms with E-state index < -0.39 is 0 Å². The van der Waals surface area contributed by atoms with Crippen molar-refractivity contribution >= 4 is 17.2 Å². The number of hydrogen-bond donors (Lipinski definition) is 1. The molecule has 0 spiro atoms. The third-order valence-electron chi connectivity index (χ3n) is 2.76. The molecule has 0 saturated heterocycles. The van der Waals surface area contributed by atoms with E-state index in [0.29, 0.717) is 4.99 Å². The largest absolute Gasteiger partial charge is 0.392 e. The molecule has 0 aliphatic heterocycles. The summed E-state index contributed by atoms with van der Waals surface area (Å²) in [6.07, 6.45) is 2.22. The summed E-state index contributed by atoms with van der Waals surface area (Å²) in [5, 5.41) is 0. The molecule has 1 unspecified atom stereocenters. The Labute approximate surface area is 108 Å². The van der Waals surface area contributed by atoms with Gasteiger partial charge in [0.15, 0.2) is 0 Å². The highest BCUT2D eigenvalue weighted by Crippen LogP contribution is 2.20. The van der Waals surface area contributed by atoms with E-state index in [-0.39, 0.29) is 11.9 Å². The molecule has 0 amide bonds. The summed E-state index contributed by atoms with van der Waals surface area (Å²) in [6, 6.07) is 6.24. The van der Waals surface area contributed by atoms with Crippen molar-refractivity contribution in [2.45, 2.75) is 25.8 Å². The topological polar surface area (TPSA) is 29.3 Å². The number of unbranched alkanes of at least 4 members (excludes halogenated alkanes) is 1. The quantitative estimate of drug-likeness (QED) is 0.792. The number of halogens is 1. The summed E-state index contributed by atoms with van der Waals surface area (Å²) in [6.45, 7) is 3.07. The second-order valence-corrected chi connectivity index (χ2v) is 4.66.